The molecule has 33 heavy (non-hydrogen) atoms. The average molecular weight is 471 g/mol. The lowest BCUT2D eigenvalue weighted by atomic mass is 10.1. The Morgan fingerprint density at radius 2 is 1.88 bits per heavy atom. The summed E-state index contributed by atoms with van der Waals surface area (Å²) in [5.74, 6) is 0.284. The summed E-state index contributed by atoms with van der Waals surface area (Å²) in [6.07, 6.45) is -0.975. The summed E-state index contributed by atoms with van der Waals surface area (Å²) in [6, 6.07) is 12.7. The molecular formula is C24H21F3N4OS. The number of amides is 1. The van der Waals surface area contributed by atoms with Crippen molar-refractivity contribution in [2.45, 2.75) is 26.1 Å². The number of hydrogen-bond acceptors (Lipinski definition) is 5. The number of aliphatic imine (C=N–C) groups is 1. The van der Waals surface area contributed by atoms with E-state index in [0.717, 1.165) is 28.1 Å². The van der Waals surface area contributed by atoms with E-state index in [1.54, 1.807) is 42.4 Å². The molecule has 2 aromatic carbocycles. The van der Waals surface area contributed by atoms with Crippen LogP contribution in [0.4, 0.5) is 24.5 Å². The number of carbonyl (C=O) groups excluding carboxylic acids is 1. The third kappa shape index (κ3) is 5.36. The van der Waals surface area contributed by atoms with Gasteiger partial charge in [0.05, 0.1) is 11.6 Å². The zero-order valence-electron chi connectivity index (χ0n) is 17.9. The molecule has 0 saturated carbocycles. The molecule has 1 atom stereocenters. The number of anilines is 2. The fourth-order valence-corrected chi connectivity index (χ4v) is 4.37. The first-order valence-electron chi connectivity index (χ1n) is 10.2. The molecule has 1 aliphatic rings. The first kappa shape index (κ1) is 22.8. The zero-order valence-corrected chi connectivity index (χ0v) is 18.7. The maximum atomic E-state index is 13.2. The predicted octanol–water partition coefficient (Wildman–Crippen LogP) is 6.23. The number of nitrogens with zero attached hydrogens (tertiary/aromatic N) is 2. The van der Waals surface area contributed by atoms with Crippen molar-refractivity contribution < 1.29 is 18.0 Å². The van der Waals surface area contributed by atoms with Gasteiger partial charge in [0.15, 0.2) is 5.17 Å². The maximum Gasteiger partial charge on any atom is 0.416 e. The molecule has 0 fully saturated rings. The first-order valence-corrected chi connectivity index (χ1v) is 11.2. The molecule has 2 heterocycles. The predicted molar refractivity (Wildman–Crippen MR) is 126 cm³/mol. The van der Waals surface area contributed by atoms with Gasteiger partial charge in [-0.3, -0.25) is 14.8 Å². The fourth-order valence-electron chi connectivity index (χ4n) is 3.41. The van der Waals surface area contributed by atoms with Crippen LogP contribution in [0, 0.1) is 13.8 Å². The highest BCUT2D eigenvalue weighted by Crippen LogP contribution is 2.34. The van der Waals surface area contributed by atoms with Gasteiger partial charge in [0.25, 0.3) is 5.91 Å². The Kier molecular flexibility index (Phi) is 6.42. The standard InChI is InChI=1S/C24H21F3N4OS/c1-14-6-8-18(11-19(14)24(25,26)27)29-22(32)16-7-5-15(2)20(10-16)30-23-31-21(13-33-23)17-4-3-9-28-12-17/h3-12,21H,13H2,1-2H3,(H,29,32)(H,30,31). The molecule has 1 unspecified atom stereocenters. The number of aromatic nitrogens is 1. The van der Waals surface area contributed by atoms with E-state index in [1.165, 1.54) is 19.1 Å². The van der Waals surface area contributed by atoms with Crippen LogP contribution in [0.5, 0.6) is 0 Å². The summed E-state index contributed by atoms with van der Waals surface area (Å²) in [6.45, 7) is 3.29. The van der Waals surface area contributed by atoms with Crippen molar-refractivity contribution in [3.05, 3.63) is 88.7 Å². The molecule has 3 aromatic rings. The van der Waals surface area contributed by atoms with E-state index in [2.05, 4.69) is 15.6 Å². The summed E-state index contributed by atoms with van der Waals surface area (Å²) < 4.78 is 39.5. The third-order valence-electron chi connectivity index (χ3n) is 5.26. The van der Waals surface area contributed by atoms with Gasteiger partial charge in [0.2, 0.25) is 0 Å². The van der Waals surface area contributed by atoms with Crippen molar-refractivity contribution in [1.29, 1.82) is 0 Å². The SMILES string of the molecule is Cc1ccc(C(=O)Nc2ccc(C)c(C(F)(F)F)c2)cc1NC1=NC(c2cccnc2)CS1. The van der Waals surface area contributed by atoms with Crippen LogP contribution in [-0.2, 0) is 6.18 Å². The van der Waals surface area contributed by atoms with Crippen LogP contribution in [0.3, 0.4) is 0 Å². The van der Waals surface area contributed by atoms with Gasteiger partial charge in [-0.1, -0.05) is 30.0 Å². The van der Waals surface area contributed by atoms with E-state index in [4.69, 9.17) is 4.99 Å². The van der Waals surface area contributed by atoms with Gasteiger partial charge < -0.3 is 10.6 Å². The van der Waals surface area contributed by atoms with Crippen molar-refractivity contribution in [3.8, 4) is 0 Å². The van der Waals surface area contributed by atoms with E-state index in [-0.39, 0.29) is 17.3 Å². The molecule has 1 amide bonds. The highest BCUT2D eigenvalue weighted by atomic mass is 32.2. The summed E-state index contributed by atoms with van der Waals surface area (Å²) in [5.41, 5.74) is 2.39. The van der Waals surface area contributed by atoms with Crippen molar-refractivity contribution in [1.82, 2.24) is 4.98 Å². The van der Waals surface area contributed by atoms with E-state index in [1.807, 2.05) is 19.1 Å². The number of pyridine rings is 1. The Balaban J connectivity index is 1.50. The number of hydrogen-bond donors (Lipinski definition) is 2. The Hall–Kier alpha value is -3.33. The molecule has 1 aromatic heterocycles. The molecule has 5 nitrogen and oxygen atoms in total. The van der Waals surface area contributed by atoms with Crippen LogP contribution in [0.15, 0.2) is 65.9 Å². The number of thioether (sulfide) groups is 1. The van der Waals surface area contributed by atoms with Gasteiger partial charge in [0, 0.05) is 35.1 Å². The first-order chi connectivity index (χ1) is 15.7. The molecular weight excluding hydrogens is 449 g/mol. The highest BCUT2D eigenvalue weighted by molar-refractivity contribution is 8.14. The molecule has 2 N–H and O–H groups in total. The number of carbonyl (C=O) groups is 1. The van der Waals surface area contributed by atoms with E-state index >= 15 is 0 Å². The molecule has 0 saturated heterocycles. The number of amidine groups is 1. The monoisotopic (exact) mass is 470 g/mol. The molecule has 0 radical (unpaired) electrons. The minimum atomic E-state index is -4.49. The van der Waals surface area contributed by atoms with Crippen LogP contribution in [-0.4, -0.2) is 21.8 Å². The number of aryl methyl sites for hydroxylation is 2. The number of benzene rings is 2. The van der Waals surface area contributed by atoms with Crippen LogP contribution in [0.1, 0.15) is 38.7 Å². The average Bonchev–Trinajstić information content (AvgIpc) is 3.25. The second-order valence-electron chi connectivity index (χ2n) is 7.68. The second-order valence-corrected chi connectivity index (χ2v) is 8.69. The minimum Gasteiger partial charge on any atom is -0.335 e. The fraction of sp³-hybridized carbons (Fsp3) is 0.208. The Bertz CT molecular complexity index is 1210. The zero-order chi connectivity index (χ0) is 23.6. The third-order valence-corrected chi connectivity index (χ3v) is 6.23. The number of rotatable bonds is 4. The Morgan fingerprint density at radius 1 is 1.09 bits per heavy atom. The van der Waals surface area contributed by atoms with Crippen LogP contribution >= 0.6 is 11.8 Å². The Morgan fingerprint density at radius 3 is 2.61 bits per heavy atom. The lowest BCUT2D eigenvalue weighted by molar-refractivity contribution is -0.138. The largest absolute Gasteiger partial charge is 0.416 e. The molecule has 0 spiro atoms. The van der Waals surface area contributed by atoms with Gasteiger partial charge in [-0.25, -0.2) is 0 Å². The van der Waals surface area contributed by atoms with Gasteiger partial charge in [-0.2, -0.15) is 13.2 Å². The molecule has 0 aliphatic carbocycles. The molecule has 4 rings (SSSR count). The maximum absolute atomic E-state index is 13.2. The number of halogens is 3. The molecule has 9 heteroatoms. The Labute approximate surface area is 193 Å². The van der Waals surface area contributed by atoms with Gasteiger partial charge in [0.1, 0.15) is 0 Å². The normalized spacial score (nSPS) is 15.8. The van der Waals surface area contributed by atoms with E-state index < -0.39 is 17.6 Å². The van der Waals surface area contributed by atoms with Gasteiger partial charge in [-0.05, 0) is 60.9 Å². The second kappa shape index (κ2) is 9.27. The quantitative estimate of drug-likeness (QED) is 0.475. The van der Waals surface area contributed by atoms with Crippen LogP contribution in [0.25, 0.3) is 0 Å². The topological polar surface area (TPSA) is 66.4 Å². The van der Waals surface area contributed by atoms with Gasteiger partial charge in [-0.15, -0.1) is 0 Å². The van der Waals surface area contributed by atoms with Crippen molar-refractivity contribution in [2.75, 3.05) is 16.4 Å². The summed E-state index contributed by atoms with van der Waals surface area (Å²) >= 11 is 1.57. The smallest absolute Gasteiger partial charge is 0.335 e. The molecule has 170 valence electrons. The summed E-state index contributed by atoms with van der Waals surface area (Å²) in [7, 11) is 0. The van der Waals surface area contributed by atoms with Crippen molar-refractivity contribution in [2.24, 2.45) is 4.99 Å². The summed E-state index contributed by atoms with van der Waals surface area (Å²) in [5, 5.41) is 6.56. The summed E-state index contributed by atoms with van der Waals surface area (Å²) in [4.78, 5) is 21.6. The van der Waals surface area contributed by atoms with Crippen molar-refractivity contribution >= 4 is 34.2 Å². The molecule has 0 bridgehead atoms. The highest BCUT2D eigenvalue weighted by Gasteiger charge is 2.32. The van der Waals surface area contributed by atoms with Crippen LogP contribution in [0.2, 0.25) is 0 Å². The van der Waals surface area contributed by atoms with Gasteiger partial charge >= 0.3 is 6.18 Å². The van der Waals surface area contributed by atoms with Crippen LogP contribution < -0.4 is 10.6 Å². The van der Waals surface area contributed by atoms with E-state index in [0.29, 0.717) is 11.3 Å². The number of nitrogens with one attached hydrogen (secondary N) is 2. The molecule has 1 aliphatic heterocycles. The van der Waals surface area contributed by atoms with E-state index in [9.17, 15) is 18.0 Å². The lowest BCUT2D eigenvalue weighted by Gasteiger charge is -2.14. The number of alkyl halides is 3. The minimum absolute atomic E-state index is 0.00218. The van der Waals surface area contributed by atoms with Crippen molar-refractivity contribution in [3.63, 3.8) is 0 Å². The lowest BCUT2D eigenvalue weighted by Crippen LogP contribution is -2.15.